The lowest BCUT2D eigenvalue weighted by Crippen LogP contribution is -2.34. The molecule has 0 unspecified atom stereocenters. The van der Waals surface area contributed by atoms with E-state index >= 15 is 0 Å². The maximum atomic E-state index is 12.2. The highest BCUT2D eigenvalue weighted by atomic mass is 35.5. The van der Waals surface area contributed by atoms with Crippen LogP contribution in [0, 0.1) is 0 Å². The van der Waals surface area contributed by atoms with E-state index in [1.165, 1.54) is 0 Å². The fourth-order valence-electron chi connectivity index (χ4n) is 3.56. The first-order chi connectivity index (χ1) is 13.6. The van der Waals surface area contributed by atoms with Crippen LogP contribution in [0.2, 0.25) is 5.02 Å². The van der Waals surface area contributed by atoms with Crippen molar-refractivity contribution in [3.8, 4) is 5.75 Å². The van der Waals surface area contributed by atoms with E-state index in [0.29, 0.717) is 16.5 Å². The van der Waals surface area contributed by atoms with Gasteiger partial charge in [-0.25, -0.2) is 4.98 Å². The maximum Gasteiger partial charge on any atom is 0.262 e. The zero-order chi connectivity index (χ0) is 19.5. The molecule has 1 aliphatic heterocycles. The Kier molecular flexibility index (Phi) is 5.50. The average Bonchev–Trinajstić information content (AvgIpc) is 3.04. The molecule has 0 bridgehead atoms. The number of aromatic nitrogens is 2. The number of rotatable bonds is 6. The lowest BCUT2D eigenvalue weighted by molar-refractivity contribution is -0.118. The summed E-state index contributed by atoms with van der Waals surface area (Å²) in [6.45, 7) is 6.05. The summed E-state index contributed by atoms with van der Waals surface area (Å²) in [5.74, 6) is 1.34. The van der Waals surface area contributed by atoms with Crippen molar-refractivity contribution in [1.82, 2.24) is 14.5 Å². The molecule has 4 rings (SSSR count). The number of para-hydroxylation sites is 1. The van der Waals surface area contributed by atoms with Gasteiger partial charge in [0.25, 0.3) is 5.91 Å². The number of fused-ring (bicyclic) bond motifs is 3. The van der Waals surface area contributed by atoms with E-state index in [2.05, 4.69) is 21.7 Å². The molecule has 7 heteroatoms. The van der Waals surface area contributed by atoms with Gasteiger partial charge in [-0.05, 0) is 43.3 Å². The van der Waals surface area contributed by atoms with E-state index in [4.69, 9.17) is 21.3 Å². The first-order valence-electron chi connectivity index (χ1n) is 9.52. The van der Waals surface area contributed by atoms with E-state index in [1.807, 2.05) is 30.3 Å². The minimum atomic E-state index is -0.239. The molecule has 0 aliphatic carbocycles. The Balaban J connectivity index is 1.43. The summed E-state index contributed by atoms with van der Waals surface area (Å²) in [6, 6.07) is 12.9. The van der Waals surface area contributed by atoms with Gasteiger partial charge in [0.05, 0.1) is 22.6 Å². The molecule has 0 spiro atoms. The molecule has 0 atom stereocenters. The van der Waals surface area contributed by atoms with Gasteiger partial charge in [0.15, 0.2) is 6.61 Å². The quantitative estimate of drug-likeness (QED) is 0.683. The van der Waals surface area contributed by atoms with Crippen LogP contribution in [-0.4, -0.2) is 40.1 Å². The van der Waals surface area contributed by atoms with Gasteiger partial charge in [-0.1, -0.05) is 30.7 Å². The topological polar surface area (TPSA) is 59.4 Å². The molecule has 0 fully saturated rings. The van der Waals surface area contributed by atoms with Crippen molar-refractivity contribution in [2.45, 2.75) is 26.4 Å². The third-order valence-corrected chi connectivity index (χ3v) is 5.16. The van der Waals surface area contributed by atoms with Crippen molar-refractivity contribution < 1.29 is 9.53 Å². The smallest absolute Gasteiger partial charge is 0.262 e. The summed E-state index contributed by atoms with van der Waals surface area (Å²) >= 11 is 6.04. The number of nitrogens with one attached hydrogen (secondary N) is 1. The van der Waals surface area contributed by atoms with Crippen LogP contribution in [0.25, 0.3) is 11.0 Å². The van der Waals surface area contributed by atoms with Crippen LogP contribution in [0.1, 0.15) is 19.2 Å². The van der Waals surface area contributed by atoms with Crippen LogP contribution < -0.4 is 10.1 Å². The van der Waals surface area contributed by atoms with Gasteiger partial charge < -0.3 is 14.6 Å². The standard InChI is InChI=1S/C21H23ClN4O2/c1-2-9-25-10-11-26-18-8-7-15(12-17(18)24-20(26)13-25)23-21(27)14-28-19-6-4-3-5-16(19)22/h3-8,12H,2,9-11,13-14H2,1H3,(H,23,27). The second-order valence-corrected chi connectivity index (χ2v) is 7.33. The Morgan fingerprint density at radius 1 is 1.25 bits per heavy atom. The summed E-state index contributed by atoms with van der Waals surface area (Å²) in [5, 5.41) is 3.35. The molecule has 0 saturated heterocycles. The van der Waals surface area contributed by atoms with Crippen molar-refractivity contribution in [3.05, 3.63) is 53.3 Å². The van der Waals surface area contributed by atoms with Gasteiger partial charge in [-0.3, -0.25) is 9.69 Å². The lowest BCUT2D eigenvalue weighted by atomic mass is 10.2. The summed E-state index contributed by atoms with van der Waals surface area (Å²) in [6.07, 6.45) is 1.15. The van der Waals surface area contributed by atoms with Crippen LogP contribution in [-0.2, 0) is 17.9 Å². The molecule has 2 aromatic carbocycles. The van der Waals surface area contributed by atoms with E-state index < -0.39 is 0 Å². The maximum absolute atomic E-state index is 12.2. The van der Waals surface area contributed by atoms with Crippen LogP contribution in [0.3, 0.4) is 0 Å². The van der Waals surface area contributed by atoms with Gasteiger partial charge in [0.2, 0.25) is 0 Å². The summed E-state index contributed by atoms with van der Waals surface area (Å²) < 4.78 is 7.76. The molecule has 28 heavy (non-hydrogen) atoms. The summed E-state index contributed by atoms with van der Waals surface area (Å²) in [5.41, 5.74) is 2.72. The minimum Gasteiger partial charge on any atom is -0.482 e. The molecule has 2 heterocycles. The third kappa shape index (κ3) is 3.98. The number of anilines is 1. The molecule has 1 amide bonds. The number of carbonyl (C=O) groups is 1. The lowest BCUT2D eigenvalue weighted by Gasteiger charge is -2.27. The first-order valence-corrected chi connectivity index (χ1v) is 9.90. The average molecular weight is 399 g/mol. The van der Waals surface area contributed by atoms with Crippen LogP contribution >= 0.6 is 11.6 Å². The van der Waals surface area contributed by atoms with E-state index in [1.54, 1.807) is 12.1 Å². The van der Waals surface area contributed by atoms with Gasteiger partial charge in [-0.2, -0.15) is 0 Å². The van der Waals surface area contributed by atoms with E-state index in [-0.39, 0.29) is 12.5 Å². The van der Waals surface area contributed by atoms with Gasteiger partial charge in [0, 0.05) is 18.8 Å². The normalized spacial score (nSPS) is 14.1. The molecule has 0 radical (unpaired) electrons. The largest absolute Gasteiger partial charge is 0.482 e. The van der Waals surface area contributed by atoms with Crippen molar-refractivity contribution in [3.63, 3.8) is 0 Å². The predicted molar refractivity (Wildman–Crippen MR) is 111 cm³/mol. The highest BCUT2D eigenvalue weighted by Crippen LogP contribution is 2.25. The van der Waals surface area contributed by atoms with Crippen molar-refractivity contribution in [1.29, 1.82) is 0 Å². The zero-order valence-corrected chi connectivity index (χ0v) is 16.6. The molecule has 1 aromatic heterocycles. The summed E-state index contributed by atoms with van der Waals surface area (Å²) in [4.78, 5) is 19.4. The number of hydrogen-bond acceptors (Lipinski definition) is 4. The van der Waals surface area contributed by atoms with Crippen molar-refractivity contribution >= 4 is 34.2 Å². The number of nitrogens with zero attached hydrogens (tertiary/aromatic N) is 3. The van der Waals surface area contributed by atoms with Crippen LogP contribution in [0.4, 0.5) is 5.69 Å². The number of amides is 1. The van der Waals surface area contributed by atoms with Gasteiger partial charge in [0.1, 0.15) is 11.6 Å². The van der Waals surface area contributed by atoms with Gasteiger partial charge >= 0.3 is 0 Å². The Morgan fingerprint density at radius 3 is 2.93 bits per heavy atom. The first kappa shape index (κ1) is 18.8. The van der Waals surface area contributed by atoms with E-state index in [9.17, 15) is 4.79 Å². The monoisotopic (exact) mass is 398 g/mol. The molecular weight excluding hydrogens is 376 g/mol. The number of benzene rings is 2. The Bertz CT molecular complexity index is 1000. The molecule has 0 saturated carbocycles. The fourth-order valence-corrected chi connectivity index (χ4v) is 3.75. The number of imidazole rings is 1. The number of hydrogen-bond donors (Lipinski definition) is 1. The molecular formula is C21H23ClN4O2. The SMILES string of the molecule is CCCN1CCn2c(nc3cc(NC(=O)COc4ccccc4Cl)ccc32)C1. The molecule has 1 aliphatic rings. The molecule has 146 valence electrons. The zero-order valence-electron chi connectivity index (χ0n) is 15.8. The van der Waals surface area contributed by atoms with Crippen LogP contribution in [0.5, 0.6) is 5.75 Å². The Hall–Kier alpha value is -2.57. The second kappa shape index (κ2) is 8.20. The van der Waals surface area contributed by atoms with Crippen molar-refractivity contribution in [2.75, 3.05) is 25.0 Å². The predicted octanol–water partition coefficient (Wildman–Crippen LogP) is 3.93. The van der Waals surface area contributed by atoms with Crippen molar-refractivity contribution in [2.24, 2.45) is 0 Å². The van der Waals surface area contributed by atoms with Crippen LogP contribution in [0.15, 0.2) is 42.5 Å². The van der Waals surface area contributed by atoms with E-state index in [0.717, 1.165) is 49.5 Å². The minimum absolute atomic E-state index is 0.104. The number of halogens is 1. The number of ether oxygens (including phenoxy) is 1. The Labute approximate surface area is 169 Å². The highest BCUT2D eigenvalue weighted by molar-refractivity contribution is 6.32. The third-order valence-electron chi connectivity index (χ3n) is 4.85. The second-order valence-electron chi connectivity index (χ2n) is 6.93. The fraction of sp³-hybridized carbons (Fsp3) is 0.333. The van der Waals surface area contributed by atoms with Gasteiger partial charge in [-0.15, -0.1) is 0 Å². The summed E-state index contributed by atoms with van der Waals surface area (Å²) in [7, 11) is 0. The molecule has 1 N–H and O–H groups in total. The molecule has 3 aromatic rings. The Morgan fingerprint density at radius 2 is 2.11 bits per heavy atom. The number of carbonyl (C=O) groups excluding carboxylic acids is 1. The molecule has 6 nitrogen and oxygen atoms in total. The highest BCUT2D eigenvalue weighted by Gasteiger charge is 2.19.